The van der Waals surface area contributed by atoms with Crippen molar-refractivity contribution < 1.29 is 22.7 Å². The van der Waals surface area contributed by atoms with Crippen LogP contribution in [0.2, 0.25) is 0 Å². The molecule has 184 valence electrons. The van der Waals surface area contributed by atoms with Gasteiger partial charge in [0.25, 0.3) is 0 Å². The first-order valence-corrected chi connectivity index (χ1v) is 12.7. The Kier molecular flexibility index (Phi) is 8.99. The molecule has 0 spiro atoms. The Morgan fingerprint density at radius 3 is 1.97 bits per heavy atom. The molecule has 0 fully saturated rings. The van der Waals surface area contributed by atoms with Gasteiger partial charge in [-0.25, -0.2) is 17.9 Å². The lowest BCUT2D eigenvalue weighted by Crippen LogP contribution is -2.45. The lowest BCUT2D eigenvalue weighted by Gasteiger charge is -2.19. The van der Waals surface area contributed by atoms with Crippen molar-refractivity contribution in [3.63, 3.8) is 0 Å². The average Bonchev–Trinajstić information content (AvgIpc) is 2.83. The van der Waals surface area contributed by atoms with Crippen molar-refractivity contribution in [2.75, 3.05) is 5.32 Å². The standard InChI is InChI=1S/C26H29N3O5S/c1-19(2)29-35(32,33)23-15-13-22(14-16-23)27-25(30)24(17-20-9-5-3-6-10-20)28-26(31)34-18-21-11-7-4-8-12-21/h3-16,19,24,29H,17-18H2,1-2H3,(H,27,30)(H,28,31)/t24-/m0/s1. The molecule has 0 bridgehead atoms. The number of hydrogen-bond donors (Lipinski definition) is 3. The summed E-state index contributed by atoms with van der Waals surface area (Å²) in [5, 5.41) is 5.37. The highest BCUT2D eigenvalue weighted by atomic mass is 32.2. The predicted molar refractivity (Wildman–Crippen MR) is 134 cm³/mol. The molecular weight excluding hydrogens is 466 g/mol. The molecule has 9 heteroatoms. The summed E-state index contributed by atoms with van der Waals surface area (Å²) in [5.41, 5.74) is 2.09. The molecule has 0 saturated carbocycles. The molecule has 1 atom stereocenters. The van der Waals surface area contributed by atoms with Crippen molar-refractivity contribution in [1.82, 2.24) is 10.0 Å². The van der Waals surface area contributed by atoms with Crippen molar-refractivity contribution in [3.05, 3.63) is 96.1 Å². The maximum atomic E-state index is 13.0. The van der Waals surface area contributed by atoms with E-state index in [-0.39, 0.29) is 24.0 Å². The van der Waals surface area contributed by atoms with Gasteiger partial charge in [-0.1, -0.05) is 60.7 Å². The molecule has 3 aromatic rings. The fourth-order valence-electron chi connectivity index (χ4n) is 3.29. The maximum absolute atomic E-state index is 13.0. The van der Waals surface area contributed by atoms with Gasteiger partial charge in [-0.15, -0.1) is 0 Å². The Bertz CT molecular complexity index is 1210. The number of sulfonamides is 1. The van der Waals surface area contributed by atoms with E-state index in [9.17, 15) is 18.0 Å². The number of ether oxygens (including phenoxy) is 1. The van der Waals surface area contributed by atoms with Crippen LogP contribution in [0.4, 0.5) is 10.5 Å². The summed E-state index contributed by atoms with van der Waals surface area (Å²) in [7, 11) is -3.64. The zero-order valence-corrected chi connectivity index (χ0v) is 20.4. The summed E-state index contributed by atoms with van der Waals surface area (Å²) in [6, 6.07) is 23.2. The minimum absolute atomic E-state index is 0.0761. The summed E-state index contributed by atoms with van der Waals surface area (Å²) < 4.78 is 32.4. The quantitative estimate of drug-likeness (QED) is 0.395. The predicted octanol–water partition coefficient (Wildman–Crippen LogP) is 3.85. The Morgan fingerprint density at radius 2 is 1.40 bits per heavy atom. The molecule has 0 unspecified atom stereocenters. The van der Waals surface area contributed by atoms with Crippen LogP contribution in [0.1, 0.15) is 25.0 Å². The highest BCUT2D eigenvalue weighted by Crippen LogP contribution is 2.15. The molecule has 3 N–H and O–H groups in total. The Hall–Kier alpha value is -3.69. The molecule has 0 aromatic heterocycles. The third kappa shape index (κ3) is 8.24. The highest BCUT2D eigenvalue weighted by Gasteiger charge is 2.23. The lowest BCUT2D eigenvalue weighted by atomic mass is 10.1. The van der Waals surface area contributed by atoms with Gasteiger partial charge in [-0.2, -0.15) is 0 Å². The van der Waals surface area contributed by atoms with E-state index in [1.165, 1.54) is 24.3 Å². The molecule has 8 nitrogen and oxygen atoms in total. The number of nitrogens with one attached hydrogen (secondary N) is 3. The third-order valence-electron chi connectivity index (χ3n) is 4.93. The maximum Gasteiger partial charge on any atom is 0.408 e. The van der Waals surface area contributed by atoms with Gasteiger partial charge < -0.3 is 15.4 Å². The first-order chi connectivity index (χ1) is 16.7. The number of carbonyl (C=O) groups is 2. The van der Waals surface area contributed by atoms with Crippen LogP contribution < -0.4 is 15.4 Å². The minimum Gasteiger partial charge on any atom is -0.445 e. The molecule has 35 heavy (non-hydrogen) atoms. The number of alkyl carbamates (subject to hydrolysis) is 1. The van der Waals surface area contributed by atoms with Gasteiger partial charge in [0.15, 0.2) is 0 Å². The molecule has 2 amide bonds. The zero-order chi connectivity index (χ0) is 25.3. The number of anilines is 1. The van der Waals surface area contributed by atoms with E-state index in [0.29, 0.717) is 5.69 Å². The van der Waals surface area contributed by atoms with Crippen molar-refractivity contribution in [1.29, 1.82) is 0 Å². The van der Waals surface area contributed by atoms with E-state index in [1.54, 1.807) is 13.8 Å². The normalized spacial score (nSPS) is 12.1. The van der Waals surface area contributed by atoms with Gasteiger partial charge in [0.2, 0.25) is 15.9 Å². The Labute approximate surface area is 205 Å². The summed E-state index contributed by atoms with van der Waals surface area (Å²) in [5.74, 6) is -0.457. The fourth-order valence-corrected chi connectivity index (χ4v) is 4.54. The van der Waals surface area contributed by atoms with E-state index >= 15 is 0 Å². The van der Waals surface area contributed by atoms with Crippen LogP contribution in [0.5, 0.6) is 0 Å². The smallest absolute Gasteiger partial charge is 0.408 e. The molecule has 0 aliphatic rings. The SMILES string of the molecule is CC(C)NS(=O)(=O)c1ccc(NC(=O)[C@H](Cc2ccccc2)NC(=O)OCc2ccccc2)cc1. The van der Waals surface area contributed by atoms with E-state index < -0.39 is 28.1 Å². The van der Waals surface area contributed by atoms with Crippen molar-refractivity contribution in [2.24, 2.45) is 0 Å². The molecule has 0 saturated heterocycles. The van der Waals surface area contributed by atoms with E-state index in [2.05, 4.69) is 15.4 Å². The molecule has 0 heterocycles. The number of rotatable bonds is 10. The van der Waals surface area contributed by atoms with Crippen LogP contribution in [0.3, 0.4) is 0 Å². The van der Waals surface area contributed by atoms with Crippen LogP contribution in [0.25, 0.3) is 0 Å². The minimum atomic E-state index is -3.64. The summed E-state index contributed by atoms with van der Waals surface area (Å²) >= 11 is 0. The number of hydrogen-bond acceptors (Lipinski definition) is 5. The van der Waals surface area contributed by atoms with Crippen LogP contribution in [0, 0.1) is 0 Å². The molecule has 3 aromatic carbocycles. The second-order valence-electron chi connectivity index (χ2n) is 8.24. The molecule has 3 rings (SSSR count). The van der Waals surface area contributed by atoms with Crippen LogP contribution in [-0.4, -0.2) is 32.5 Å². The summed E-state index contributed by atoms with van der Waals surface area (Å²) in [4.78, 5) is 25.6. The number of benzene rings is 3. The lowest BCUT2D eigenvalue weighted by molar-refractivity contribution is -0.118. The number of amides is 2. The van der Waals surface area contributed by atoms with E-state index in [4.69, 9.17) is 4.74 Å². The van der Waals surface area contributed by atoms with Crippen LogP contribution in [0.15, 0.2) is 89.8 Å². The second-order valence-corrected chi connectivity index (χ2v) is 9.95. The van der Waals surface area contributed by atoms with Crippen molar-refractivity contribution >= 4 is 27.7 Å². The van der Waals surface area contributed by atoms with Gasteiger partial charge in [0.05, 0.1) is 4.90 Å². The zero-order valence-electron chi connectivity index (χ0n) is 19.6. The molecular formula is C26H29N3O5S. The van der Waals surface area contributed by atoms with Gasteiger partial charge in [0.1, 0.15) is 12.6 Å². The average molecular weight is 496 g/mol. The monoisotopic (exact) mass is 495 g/mol. The number of carbonyl (C=O) groups excluding carboxylic acids is 2. The van der Waals surface area contributed by atoms with Crippen molar-refractivity contribution in [2.45, 2.75) is 43.9 Å². The second kappa shape index (κ2) is 12.1. The molecule has 0 aliphatic carbocycles. The molecule has 0 radical (unpaired) electrons. The van der Waals surface area contributed by atoms with Crippen LogP contribution in [-0.2, 0) is 32.6 Å². The van der Waals surface area contributed by atoms with Gasteiger partial charge in [-0.05, 0) is 49.2 Å². The van der Waals surface area contributed by atoms with E-state index in [1.807, 2.05) is 60.7 Å². The highest BCUT2D eigenvalue weighted by molar-refractivity contribution is 7.89. The first kappa shape index (κ1) is 25.9. The molecule has 0 aliphatic heterocycles. The van der Waals surface area contributed by atoms with Crippen molar-refractivity contribution in [3.8, 4) is 0 Å². The summed E-state index contributed by atoms with van der Waals surface area (Å²) in [6.45, 7) is 3.54. The van der Waals surface area contributed by atoms with E-state index in [0.717, 1.165) is 11.1 Å². The van der Waals surface area contributed by atoms with Gasteiger partial charge >= 0.3 is 6.09 Å². The Balaban J connectivity index is 1.68. The Morgan fingerprint density at radius 1 is 0.829 bits per heavy atom. The van der Waals surface area contributed by atoms with Gasteiger partial charge in [-0.3, -0.25) is 4.79 Å². The third-order valence-corrected chi connectivity index (χ3v) is 6.60. The topological polar surface area (TPSA) is 114 Å². The first-order valence-electron chi connectivity index (χ1n) is 11.2. The van der Waals surface area contributed by atoms with Gasteiger partial charge in [0, 0.05) is 18.2 Å². The summed E-state index contributed by atoms with van der Waals surface area (Å²) in [6.07, 6.45) is -0.469. The van der Waals surface area contributed by atoms with Crippen LogP contribution >= 0.6 is 0 Å². The largest absolute Gasteiger partial charge is 0.445 e. The fraction of sp³-hybridized carbons (Fsp3) is 0.231.